The summed E-state index contributed by atoms with van der Waals surface area (Å²) >= 11 is 1.28. The van der Waals surface area contributed by atoms with Crippen LogP contribution in [0.15, 0.2) is 66.6 Å². The predicted molar refractivity (Wildman–Crippen MR) is 120 cm³/mol. The van der Waals surface area contributed by atoms with Crippen LogP contribution in [0.2, 0.25) is 0 Å². The average molecular weight is 449 g/mol. The van der Waals surface area contributed by atoms with Crippen molar-refractivity contribution in [3.05, 3.63) is 77.7 Å². The molecule has 4 rings (SSSR count). The summed E-state index contributed by atoms with van der Waals surface area (Å²) in [7, 11) is 1.82. The van der Waals surface area contributed by atoms with Crippen LogP contribution in [-0.4, -0.2) is 37.9 Å². The maximum absolute atomic E-state index is 12.2. The highest BCUT2D eigenvalue weighted by Gasteiger charge is 2.12. The SMILES string of the molecule is Cn1ccc(C(=O)NCC(=O)Nc2nc(-c3cccc(OCc4ccncc4)n3)cs2)c1. The number of carbonyl (C=O) groups is 2. The van der Waals surface area contributed by atoms with Crippen LogP contribution in [0.4, 0.5) is 5.13 Å². The van der Waals surface area contributed by atoms with Gasteiger partial charge in [0.25, 0.3) is 5.91 Å². The Kier molecular flexibility index (Phi) is 6.52. The van der Waals surface area contributed by atoms with E-state index in [9.17, 15) is 9.59 Å². The summed E-state index contributed by atoms with van der Waals surface area (Å²) < 4.78 is 7.51. The third-order valence-corrected chi connectivity index (χ3v) is 5.13. The van der Waals surface area contributed by atoms with Gasteiger partial charge in [-0.15, -0.1) is 11.3 Å². The number of thiazole rings is 1. The Labute approximate surface area is 188 Å². The standard InChI is InChI=1S/C22H20N6O3S/c1-28-10-7-16(12-28)21(30)24-11-19(29)27-22-26-18(14-32-22)17-3-2-4-20(25-17)31-13-15-5-8-23-9-6-15/h2-10,12,14H,11,13H2,1H3,(H,24,30)(H,26,27,29). The zero-order chi connectivity index (χ0) is 22.3. The molecule has 0 aromatic carbocycles. The van der Waals surface area contributed by atoms with Gasteiger partial charge in [-0.1, -0.05) is 6.07 Å². The van der Waals surface area contributed by atoms with Gasteiger partial charge in [-0.05, 0) is 29.8 Å². The van der Waals surface area contributed by atoms with Crippen molar-refractivity contribution in [1.82, 2.24) is 24.8 Å². The molecule has 10 heteroatoms. The van der Waals surface area contributed by atoms with Gasteiger partial charge in [-0.3, -0.25) is 14.6 Å². The first-order valence-corrected chi connectivity index (χ1v) is 10.6. The number of carbonyl (C=O) groups excluding carboxylic acids is 2. The molecule has 0 saturated heterocycles. The molecule has 4 aromatic heterocycles. The number of aromatic nitrogens is 4. The number of aryl methyl sites for hydroxylation is 1. The van der Waals surface area contributed by atoms with Gasteiger partial charge in [0.2, 0.25) is 11.8 Å². The first-order chi connectivity index (χ1) is 15.6. The summed E-state index contributed by atoms with van der Waals surface area (Å²) in [5.74, 6) is -0.201. The fraction of sp³-hybridized carbons (Fsp3) is 0.136. The van der Waals surface area contributed by atoms with Gasteiger partial charge in [0.15, 0.2) is 5.13 Å². The van der Waals surface area contributed by atoms with Crippen LogP contribution in [0, 0.1) is 0 Å². The molecule has 0 radical (unpaired) electrons. The van der Waals surface area contributed by atoms with Crippen LogP contribution in [0.3, 0.4) is 0 Å². The molecular formula is C22H20N6O3S. The van der Waals surface area contributed by atoms with Crippen LogP contribution in [0.25, 0.3) is 11.4 Å². The Hall–Kier alpha value is -4.05. The van der Waals surface area contributed by atoms with Gasteiger partial charge in [-0.2, -0.15) is 0 Å². The van der Waals surface area contributed by atoms with E-state index in [1.165, 1.54) is 11.3 Å². The Morgan fingerprint density at radius 1 is 1.09 bits per heavy atom. The minimum atomic E-state index is -0.363. The number of ether oxygens (including phenoxy) is 1. The second-order valence-corrected chi connectivity index (χ2v) is 7.70. The topological polar surface area (TPSA) is 111 Å². The van der Waals surface area contributed by atoms with E-state index in [0.29, 0.717) is 34.6 Å². The van der Waals surface area contributed by atoms with E-state index in [0.717, 1.165) is 5.56 Å². The van der Waals surface area contributed by atoms with E-state index < -0.39 is 0 Å². The molecule has 0 unspecified atom stereocenters. The van der Waals surface area contributed by atoms with E-state index in [-0.39, 0.29) is 18.4 Å². The number of nitrogens with zero attached hydrogens (tertiary/aromatic N) is 4. The molecule has 32 heavy (non-hydrogen) atoms. The molecule has 4 aromatic rings. The maximum atomic E-state index is 12.2. The van der Waals surface area contributed by atoms with Crippen LogP contribution in [0.1, 0.15) is 15.9 Å². The number of amides is 2. The molecule has 0 aliphatic carbocycles. The average Bonchev–Trinajstić information content (AvgIpc) is 3.46. The normalized spacial score (nSPS) is 10.5. The van der Waals surface area contributed by atoms with E-state index in [4.69, 9.17) is 4.74 Å². The molecule has 0 spiro atoms. The van der Waals surface area contributed by atoms with E-state index >= 15 is 0 Å². The van der Waals surface area contributed by atoms with Gasteiger partial charge in [-0.25, -0.2) is 9.97 Å². The lowest BCUT2D eigenvalue weighted by molar-refractivity contribution is -0.115. The summed E-state index contributed by atoms with van der Waals surface area (Å²) in [5, 5.41) is 7.49. The molecule has 2 amide bonds. The van der Waals surface area contributed by atoms with Gasteiger partial charge in [0.1, 0.15) is 12.3 Å². The first kappa shape index (κ1) is 21.2. The molecule has 9 nitrogen and oxygen atoms in total. The molecule has 0 bridgehead atoms. The van der Waals surface area contributed by atoms with Gasteiger partial charge >= 0.3 is 0 Å². The molecular weight excluding hydrogens is 428 g/mol. The molecule has 2 N–H and O–H groups in total. The quantitative estimate of drug-likeness (QED) is 0.429. The lowest BCUT2D eigenvalue weighted by Gasteiger charge is -2.06. The lowest BCUT2D eigenvalue weighted by Crippen LogP contribution is -2.32. The predicted octanol–water partition coefficient (Wildman–Crippen LogP) is 2.89. The van der Waals surface area contributed by atoms with Gasteiger partial charge < -0.3 is 19.9 Å². The van der Waals surface area contributed by atoms with Crippen molar-refractivity contribution in [2.45, 2.75) is 6.61 Å². The van der Waals surface area contributed by atoms with E-state index in [1.807, 2.05) is 31.3 Å². The van der Waals surface area contributed by atoms with Crippen LogP contribution in [0.5, 0.6) is 5.88 Å². The monoisotopic (exact) mass is 448 g/mol. The second-order valence-electron chi connectivity index (χ2n) is 6.84. The number of hydrogen-bond donors (Lipinski definition) is 2. The zero-order valence-electron chi connectivity index (χ0n) is 17.2. The molecule has 0 aliphatic heterocycles. The zero-order valence-corrected chi connectivity index (χ0v) is 18.0. The summed E-state index contributed by atoms with van der Waals surface area (Å²) in [4.78, 5) is 37.1. The number of anilines is 1. The van der Waals surface area contributed by atoms with Gasteiger partial charge in [0, 0.05) is 43.3 Å². The van der Waals surface area contributed by atoms with Crippen molar-refractivity contribution in [3.8, 4) is 17.3 Å². The van der Waals surface area contributed by atoms with Gasteiger partial charge in [0.05, 0.1) is 17.8 Å². The van der Waals surface area contributed by atoms with Crippen LogP contribution < -0.4 is 15.4 Å². The number of hydrogen-bond acceptors (Lipinski definition) is 7. The number of pyridine rings is 2. The molecule has 0 aliphatic rings. The Morgan fingerprint density at radius 2 is 1.94 bits per heavy atom. The van der Waals surface area contributed by atoms with Crippen molar-refractivity contribution in [3.63, 3.8) is 0 Å². The Balaban J connectivity index is 1.32. The van der Waals surface area contributed by atoms with Crippen molar-refractivity contribution in [2.75, 3.05) is 11.9 Å². The minimum Gasteiger partial charge on any atom is -0.473 e. The molecule has 4 heterocycles. The second kappa shape index (κ2) is 9.84. The Morgan fingerprint density at radius 3 is 2.72 bits per heavy atom. The highest BCUT2D eigenvalue weighted by atomic mass is 32.1. The van der Waals surface area contributed by atoms with Crippen molar-refractivity contribution in [2.24, 2.45) is 7.05 Å². The summed E-state index contributed by atoms with van der Waals surface area (Å²) in [6.45, 7) is 0.227. The molecule has 0 fully saturated rings. The third kappa shape index (κ3) is 5.55. The largest absolute Gasteiger partial charge is 0.473 e. The Bertz CT molecular complexity index is 1220. The summed E-state index contributed by atoms with van der Waals surface area (Å²) in [6.07, 6.45) is 6.86. The summed E-state index contributed by atoms with van der Waals surface area (Å²) in [6, 6.07) is 10.9. The van der Waals surface area contributed by atoms with Crippen LogP contribution in [-0.2, 0) is 18.4 Å². The number of nitrogens with one attached hydrogen (secondary N) is 2. The first-order valence-electron chi connectivity index (χ1n) is 9.71. The van der Waals surface area contributed by atoms with Crippen molar-refractivity contribution in [1.29, 1.82) is 0 Å². The number of rotatable bonds is 8. The fourth-order valence-electron chi connectivity index (χ4n) is 2.79. The smallest absolute Gasteiger partial charge is 0.253 e. The third-order valence-electron chi connectivity index (χ3n) is 4.38. The molecule has 0 atom stereocenters. The minimum absolute atomic E-state index is 0.154. The lowest BCUT2D eigenvalue weighted by atomic mass is 10.3. The maximum Gasteiger partial charge on any atom is 0.253 e. The van der Waals surface area contributed by atoms with E-state index in [1.54, 1.807) is 46.9 Å². The summed E-state index contributed by atoms with van der Waals surface area (Å²) in [5.41, 5.74) is 2.73. The van der Waals surface area contributed by atoms with Crippen LogP contribution >= 0.6 is 11.3 Å². The fourth-order valence-corrected chi connectivity index (χ4v) is 3.51. The van der Waals surface area contributed by atoms with Crippen molar-refractivity contribution >= 4 is 28.3 Å². The van der Waals surface area contributed by atoms with E-state index in [2.05, 4.69) is 25.6 Å². The highest BCUT2D eigenvalue weighted by Crippen LogP contribution is 2.25. The molecule has 0 saturated carbocycles. The van der Waals surface area contributed by atoms with Crippen molar-refractivity contribution < 1.29 is 14.3 Å². The highest BCUT2D eigenvalue weighted by molar-refractivity contribution is 7.14. The molecule has 162 valence electrons.